The van der Waals surface area contributed by atoms with E-state index in [0.29, 0.717) is 11.8 Å². The van der Waals surface area contributed by atoms with Crippen LogP contribution in [0, 0.1) is 23.7 Å². The first-order valence-corrected chi connectivity index (χ1v) is 8.66. The van der Waals surface area contributed by atoms with E-state index in [-0.39, 0.29) is 30.5 Å². The SMILES string of the molecule is OC[C@@H]1[C@H](CO)[C@H]2CC[C@@H]1C2(c1ccccc1)c1ccccc1. The number of hydrogen-bond donors (Lipinski definition) is 2. The minimum Gasteiger partial charge on any atom is -0.396 e. The van der Waals surface area contributed by atoms with Crippen molar-refractivity contribution in [2.24, 2.45) is 23.7 Å². The Kier molecular flexibility index (Phi) is 3.74. The second-order valence-corrected chi connectivity index (χ2v) is 7.08. The predicted octanol–water partition coefficient (Wildman–Crippen LogP) is 3.23. The maximum Gasteiger partial charge on any atom is 0.0465 e. The Morgan fingerprint density at radius 2 is 1.09 bits per heavy atom. The van der Waals surface area contributed by atoms with Crippen LogP contribution in [0.3, 0.4) is 0 Å². The number of aliphatic hydroxyl groups excluding tert-OH is 2. The molecule has 0 unspecified atom stereocenters. The van der Waals surface area contributed by atoms with Crippen LogP contribution in [0.1, 0.15) is 24.0 Å². The van der Waals surface area contributed by atoms with Crippen LogP contribution in [0.25, 0.3) is 0 Å². The van der Waals surface area contributed by atoms with Gasteiger partial charge in [0.25, 0.3) is 0 Å². The van der Waals surface area contributed by atoms with Gasteiger partial charge in [-0.25, -0.2) is 0 Å². The molecular weight excluding hydrogens is 284 g/mol. The van der Waals surface area contributed by atoms with Crippen LogP contribution in [0.5, 0.6) is 0 Å². The van der Waals surface area contributed by atoms with Gasteiger partial charge in [0.2, 0.25) is 0 Å². The minimum absolute atomic E-state index is 0.0662. The van der Waals surface area contributed by atoms with Gasteiger partial charge in [0.05, 0.1) is 0 Å². The second kappa shape index (κ2) is 5.77. The van der Waals surface area contributed by atoms with E-state index < -0.39 is 0 Å². The van der Waals surface area contributed by atoms with Gasteiger partial charge in [-0.15, -0.1) is 0 Å². The van der Waals surface area contributed by atoms with Crippen LogP contribution < -0.4 is 0 Å². The zero-order valence-electron chi connectivity index (χ0n) is 13.3. The number of benzene rings is 2. The Balaban J connectivity index is 1.95. The highest BCUT2D eigenvalue weighted by Crippen LogP contribution is 2.66. The molecule has 0 aliphatic heterocycles. The summed E-state index contributed by atoms with van der Waals surface area (Å²) in [5.41, 5.74) is 2.62. The summed E-state index contributed by atoms with van der Waals surface area (Å²) in [7, 11) is 0. The summed E-state index contributed by atoms with van der Waals surface area (Å²) >= 11 is 0. The number of hydrogen-bond acceptors (Lipinski definition) is 2. The average molecular weight is 308 g/mol. The zero-order valence-corrected chi connectivity index (χ0v) is 13.3. The van der Waals surface area contributed by atoms with E-state index in [1.54, 1.807) is 0 Å². The molecule has 0 spiro atoms. The maximum atomic E-state index is 10.0. The molecule has 2 aromatic rings. The lowest BCUT2D eigenvalue weighted by molar-refractivity contribution is 0.0791. The molecule has 0 radical (unpaired) electrons. The first kappa shape index (κ1) is 14.9. The summed E-state index contributed by atoms with van der Waals surface area (Å²) in [5, 5.41) is 20.0. The maximum absolute atomic E-state index is 10.0. The Bertz CT molecular complexity index is 593. The molecule has 0 aromatic heterocycles. The zero-order chi connectivity index (χ0) is 15.9. The van der Waals surface area contributed by atoms with Crippen molar-refractivity contribution in [3.8, 4) is 0 Å². The lowest BCUT2D eigenvalue weighted by Gasteiger charge is -2.37. The Morgan fingerprint density at radius 1 is 0.696 bits per heavy atom. The monoisotopic (exact) mass is 308 g/mol. The summed E-state index contributed by atoms with van der Waals surface area (Å²) in [5.74, 6) is 1.19. The van der Waals surface area contributed by atoms with Crippen LogP contribution >= 0.6 is 0 Å². The van der Waals surface area contributed by atoms with Gasteiger partial charge in [0.15, 0.2) is 0 Å². The molecule has 23 heavy (non-hydrogen) atoms. The third-order valence-electron chi connectivity index (χ3n) is 6.47. The molecule has 2 aromatic carbocycles. The largest absolute Gasteiger partial charge is 0.396 e. The molecule has 2 aliphatic rings. The summed E-state index contributed by atoms with van der Waals surface area (Å²) in [6.45, 7) is 0.349. The highest BCUT2D eigenvalue weighted by Gasteiger charge is 2.64. The highest BCUT2D eigenvalue weighted by molar-refractivity contribution is 5.45. The summed E-state index contributed by atoms with van der Waals surface area (Å²) in [4.78, 5) is 0. The van der Waals surface area contributed by atoms with Crippen molar-refractivity contribution in [3.05, 3.63) is 71.8 Å². The Labute approximate surface area is 137 Å². The highest BCUT2D eigenvalue weighted by atomic mass is 16.3. The van der Waals surface area contributed by atoms with Crippen molar-refractivity contribution in [1.29, 1.82) is 0 Å². The van der Waals surface area contributed by atoms with E-state index in [2.05, 4.69) is 60.7 Å². The fraction of sp³-hybridized carbons (Fsp3) is 0.429. The molecule has 120 valence electrons. The van der Waals surface area contributed by atoms with Gasteiger partial charge in [-0.2, -0.15) is 0 Å². The standard InChI is InChI=1S/C21H24O2/c22-13-17-18(14-23)20-12-11-19(17)21(20,15-7-3-1-4-8-15)16-9-5-2-6-10-16/h1-10,17-20,22-23H,11-14H2/t17-,18+,19+,20-. The molecule has 4 atom stereocenters. The molecule has 2 heteroatoms. The van der Waals surface area contributed by atoms with Crippen molar-refractivity contribution in [3.63, 3.8) is 0 Å². The molecule has 0 heterocycles. The number of aliphatic hydroxyl groups is 2. The molecule has 4 rings (SSSR count). The van der Waals surface area contributed by atoms with Crippen molar-refractivity contribution in [1.82, 2.24) is 0 Å². The van der Waals surface area contributed by atoms with Gasteiger partial charge >= 0.3 is 0 Å². The molecule has 2 aliphatic carbocycles. The number of fused-ring (bicyclic) bond motifs is 2. The Morgan fingerprint density at radius 3 is 1.43 bits per heavy atom. The summed E-state index contributed by atoms with van der Waals surface area (Å²) in [6, 6.07) is 21.5. The van der Waals surface area contributed by atoms with Gasteiger partial charge in [0.1, 0.15) is 0 Å². The van der Waals surface area contributed by atoms with Crippen molar-refractivity contribution >= 4 is 0 Å². The lowest BCUT2D eigenvalue weighted by atomic mass is 9.66. The molecule has 2 bridgehead atoms. The van der Waals surface area contributed by atoms with E-state index in [9.17, 15) is 10.2 Å². The summed E-state index contributed by atoms with van der Waals surface area (Å²) in [6.07, 6.45) is 2.27. The first-order valence-electron chi connectivity index (χ1n) is 8.66. The van der Waals surface area contributed by atoms with Crippen molar-refractivity contribution in [2.75, 3.05) is 13.2 Å². The molecular formula is C21H24O2. The average Bonchev–Trinajstić information content (AvgIpc) is 3.14. The third kappa shape index (κ3) is 1.95. The van der Waals surface area contributed by atoms with Crippen LogP contribution in [0.2, 0.25) is 0 Å². The number of rotatable bonds is 4. The van der Waals surface area contributed by atoms with E-state index in [1.807, 2.05) is 0 Å². The molecule has 2 N–H and O–H groups in total. The van der Waals surface area contributed by atoms with Crippen LogP contribution in [0.15, 0.2) is 60.7 Å². The quantitative estimate of drug-likeness (QED) is 0.910. The minimum atomic E-state index is -0.0662. The third-order valence-corrected chi connectivity index (χ3v) is 6.47. The normalized spacial score (nSPS) is 31.4. The molecule has 2 fully saturated rings. The molecule has 2 nitrogen and oxygen atoms in total. The van der Waals surface area contributed by atoms with E-state index in [0.717, 1.165) is 12.8 Å². The molecule has 0 amide bonds. The fourth-order valence-corrected chi connectivity index (χ4v) is 5.77. The van der Waals surface area contributed by atoms with Crippen LogP contribution in [0.4, 0.5) is 0 Å². The lowest BCUT2D eigenvalue weighted by Crippen LogP contribution is -2.35. The van der Waals surface area contributed by atoms with Gasteiger partial charge in [-0.1, -0.05) is 60.7 Å². The second-order valence-electron chi connectivity index (χ2n) is 7.08. The van der Waals surface area contributed by atoms with E-state index in [4.69, 9.17) is 0 Å². The van der Waals surface area contributed by atoms with Crippen molar-refractivity contribution < 1.29 is 10.2 Å². The fourth-order valence-electron chi connectivity index (χ4n) is 5.77. The van der Waals surface area contributed by atoms with E-state index in [1.165, 1.54) is 11.1 Å². The Hall–Kier alpha value is -1.64. The van der Waals surface area contributed by atoms with Crippen LogP contribution in [-0.2, 0) is 5.41 Å². The van der Waals surface area contributed by atoms with Gasteiger partial charge < -0.3 is 10.2 Å². The van der Waals surface area contributed by atoms with Gasteiger partial charge in [-0.3, -0.25) is 0 Å². The van der Waals surface area contributed by atoms with E-state index >= 15 is 0 Å². The molecule has 2 saturated carbocycles. The topological polar surface area (TPSA) is 40.5 Å². The molecule has 0 saturated heterocycles. The van der Waals surface area contributed by atoms with Crippen LogP contribution in [-0.4, -0.2) is 23.4 Å². The smallest absolute Gasteiger partial charge is 0.0465 e. The summed E-state index contributed by atoms with van der Waals surface area (Å²) < 4.78 is 0. The predicted molar refractivity (Wildman–Crippen MR) is 91.0 cm³/mol. The first-order chi connectivity index (χ1) is 11.3. The van der Waals surface area contributed by atoms with Gasteiger partial charge in [0, 0.05) is 18.6 Å². The van der Waals surface area contributed by atoms with Gasteiger partial charge in [-0.05, 0) is 47.6 Å². The van der Waals surface area contributed by atoms with Crippen molar-refractivity contribution in [2.45, 2.75) is 18.3 Å².